The molecular weight excluding hydrogens is 289 g/mol. The van der Waals surface area contributed by atoms with E-state index in [2.05, 4.69) is 4.74 Å². The summed E-state index contributed by atoms with van der Waals surface area (Å²) in [5, 5.41) is -1.19. The number of halogens is 4. The van der Waals surface area contributed by atoms with E-state index in [4.69, 9.17) is 11.6 Å². The molecule has 0 N–H and O–H groups in total. The summed E-state index contributed by atoms with van der Waals surface area (Å²) >= 11 is 5.28. The largest absolute Gasteiger partial charge is 0.465 e. The maximum absolute atomic E-state index is 12.4. The normalized spacial score (nSPS) is 13.2. The zero-order valence-electron chi connectivity index (χ0n) is 9.33. The molecule has 0 spiro atoms. The van der Waals surface area contributed by atoms with Gasteiger partial charge in [0, 0.05) is 5.02 Å². The molecular formula is C11H10ClF3O2S. The molecule has 0 amide bonds. The maximum Gasteiger partial charge on any atom is 0.442 e. The second-order valence-electron chi connectivity index (χ2n) is 3.25. The Hall–Kier alpha value is -0.880. The van der Waals surface area contributed by atoms with E-state index < -0.39 is 28.5 Å². The molecule has 0 aromatic heterocycles. The van der Waals surface area contributed by atoms with Crippen molar-refractivity contribution < 1.29 is 22.7 Å². The summed E-state index contributed by atoms with van der Waals surface area (Å²) in [5.41, 5.74) is -4.36. The summed E-state index contributed by atoms with van der Waals surface area (Å²) < 4.78 is 41.9. The number of carbonyl (C=O) groups excluding carboxylic acids is 1. The quantitative estimate of drug-likeness (QED) is 0.779. The molecule has 0 radical (unpaired) electrons. The third-order valence-electron chi connectivity index (χ3n) is 1.90. The molecule has 18 heavy (non-hydrogen) atoms. The number of esters is 1. The minimum atomic E-state index is -4.53. The van der Waals surface area contributed by atoms with Gasteiger partial charge in [0.1, 0.15) is 5.25 Å². The van der Waals surface area contributed by atoms with E-state index >= 15 is 0 Å². The molecule has 0 saturated heterocycles. The number of carbonyl (C=O) groups is 1. The van der Waals surface area contributed by atoms with Crippen LogP contribution in [0.3, 0.4) is 0 Å². The van der Waals surface area contributed by atoms with Crippen molar-refractivity contribution in [1.29, 1.82) is 0 Å². The molecule has 100 valence electrons. The van der Waals surface area contributed by atoms with Crippen LogP contribution in [0.2, 0.25) is 5.02 Å². The molecule has 7 heteroatoms. The average molecular weight is 299 g/mol. The van der Waals surface area contributed by atoms with Crippen molar-refractivity contribution in [2.24, 2.45) is 0 Å². The molecule has 0 aliphatic carbocycles. The second-order valence-corrected chi connectivity index (χ2v) is 4.86. The second kappa shape index (κ2) is 6.33. The van der Waals surface area contributed by atoms with Crippen LogP contribution < -0.4 is 0 Å². The lowest BCUT2D eigenvalue weighted by Gasteiger charge is -2.17. The zero-order chi connectivity index (χ0) is 13.8. The first-order chi connectivity index (χ1) is 8.33. The molecule has 0 heterocycles. The van der Waals surface area contributed by atoms with Gasteiger partial charge in [0.25, 0.3) is 0 Å². The first-order valence-electron chi connectivity index (χ1n) is 5.00. The number of benzene rings is 1. The molecule has 1 atom stereocenters. The highest BCUT2D eigenvalue weighted by Crippen LogP contribution is 2.43. The summed E-state index contributed by atoms with van der Waals surface area (Å²) in [7, 11) is 0. The van der Waals surface area contributed by atoms with Crippen molar-refractivity contribution >= 4 is 29.3 Å². The van der Waals surface area contributed by atoms with Gasteiger partial charge in [-0.3, -0.25) is 4.79 Å². The zero-order valence-corrected chi connectivity index (χ0v) is 10.9. The van der Waals surface area contributed by atoms with Crippen molar-refractivity contribution in [2.45, 2.75) is 17.7 Å². The third-order valence-corrected chi connectivity index (χ3v) is 3.11. The first-order valence-corrected chi connectivity index (χ1v) is 6.26. The predicted octanol–water partition coefficient (Wildman–Crippen LogP) is 4.20. The Morgan fingerprint density at radius 3 is 2.67 bits per heavy atom. The smallest absolute Gasteiger partial charge is 0.442 e. The summed E-state index contributed by atoms with van der Waals surface area (Å²) in [6.07, 6.45) is 0. The molecule has 1 aromatic rings. The van der Waals surface area contributed by atoms with Gasteiger partial charge in [-0.05, 0) is 36.4 Å². The Morgan fingerprint density at radius 1 is 1.50 bits per heavy atom. The Kier molecular flexibility index (Phi) is 5.34. The molecule has 2 nitrogen and oxygen atoms in total. The van der Waals surface area contributed by atoms with Crippen LogP contribution in [-0.4, -0.2) is 18.1 Å². The molecule has 1 aromatic carbocycles. The van der Waals surface area contributed by atoms with E-state index in [1.165, 1.54) is 31.2 Å². The highest BCUT2D eigenvalue weighted by atomic mass is 35.5. The van der Waals surface area contributed by atoms with Gasteiger partial charge >= 0.3 is 11.5 Å². The summed E-state index contributed by atoms with van der Waals surface area (Å²) in [6.45, 7) is 1.56. The fourth-order valence-electron chi connectivity index (χ4n) is 1.27. The number of thioether (sulfide) groups is 1. The highest BCUT2D eigenvalue weighted by molar-refractivity contribution is 8.01. The fourth-order valence-corrected chi connectivity index (χ4v) is 2.19. The number of rotatable bonds is 4. The number of hydrogen-bond acceptors (Lipinski definition) is 3. The maximum atomic E-state index is 12.4. The van der Waals surface area contributed by atoms with Crippen LogP contribution in [0.4, 0.5) is 13.2 Å². The van der Waals surface area contributed by atoms with Gasteiger partial charge in [0.2, 0.25) is 0 Å². The molecule has 0 fully saturated rings. The van der Waals surface area contributed by atoms with Gasteiger partial charge in [-0.25, -0.2) is 0 Å². The van der Waals surface area contributed by atoms with Gasteiger partial charge in [-0.2, -0.15) is 13.2 Å². The topological polar surface area (TPSA) is 26.3 Å². The van der Waals surface area contributed by atoms with Crippen molar-refractivity contribution in [3.63, 3.8) is 0 Å². The van der Waals surface area contributed by atoms with Crippen LogP contribution in [0.5, 0.6) is 0 Å². The molecule has 0 aliphatic rings. The molecule has 1 rings (SSSR count). The molecule has 0 aliphatic heterocycles. The lowest BCUT2D eigenvalue weighted by atomic mass is 10.1. The van der Waals surface area contributed by atoms with E-state index in [9.17, 15) is 18.0 Å². The van der Waals surface area contributed by atoms with Gasteiger partial charge in [-0.15, -0.1) is 0 Å². The fraction of sp³-hybridized carbons (Fsp3) is 0.364. The molecule has 0 saturated carbocycles. The van der Waals surface area contributed by atoms with Crippen molar-refractivity contribution in [3.05, 3.63) is 34.9 Å². The number of ether oxygens (including phenoxy) is 1. The van der Waals surface area contributed by atoms with E-state index in [1.807, 2.05) is 0 Å². The summed E-state index contributed by atoms with van der Waals surface area (Å²) in [4.78, 5) is 11.5. The van der Waals surface area contributed by atoms with Crippen LogP contribution in [0.25, 0.3) is 0 Å². The van der Waals surface area contributed by atoms with Gasteiger partial charge < -0.3 is 4.74 Å². The minimum absolute atomic E-state index is 0.0221. The minimum Gasteiger partial charge on any atom is -0.465 e. The first kappa shape index (κ1) is 15.2. The van der Waals surface area contributed by atoms with Crippen molar-refractivity contribution in [1.82, 2.24) is 0 Å². The van der Waals surface area contributed by atoms with Gasteiger partial charge in [-0.1, -0.05) is 23.7 Å². The predicted molar refractivity (Wildman–Crippen MR) is 64.5 cm³/mol. The third kappa shape index (κ3) is 4.78. The Morgan fingerprint density at radius 2 is 2.17 bits per heavy atom. The Bertz CT molecular complexity index is 423. The average Bonchev–Trinajstić information content (AvgIpc) is 2.25. The van der Waals surface area contributed by atoms with E-state index in [0.29, 0.717) is 0 Å². The Labute approximate surface area is 111 Å². The Balaban J connectivity index is 3.00. The van der Waals surface area contributed by atoms with Crippen LogP contribution in [0.1, 0.15) is 17.7 Å². The van der Waals surface area contributed by atoms with Crippen molar-refractivity contribution in [3.8, 4) is 0 Å². The molecule has 0 bridgehead atoms. The lowest BCUT2D eigenvalue weighted by molar-refractivity contribution is -0.142. The van der Waals surface area contributed by atoms with Gasteiger partial charge in [0.15, 0.2) is 0 Å². The SMILES string of the molecule is CCOC(=O)[C@H](SC(F)(F)F)c1cccc(Cl)c1. The summed E-state index contributed by atoms with van der Waals surface area (Å²) in [6, 6.07) is 5.74. The standard InChI is InChI=1S/C11H10ClF3O2S/c1-2-17-10(16)9(18-11(13,14)15)7-4-3-5-8(12)6-7/h3-6,9H,2H2,1H3/t9-/m1/s1. The van der Waals surface area contributed by atoms with Crippen LogP contribution in [-0.2, 0) is 9.53 Å². The van der Waals surface area contributed by atoms with Crippen LogP contribution in [0.15, 0.2) is 24.3 Å². The van der Waals surface area contributed by atoms with Gasteiger partial charge in [0.05, 0.1) is 6.61 Å². The van der Waals surface area contributed by atoms with Crippen molar-refractivity contribution in [2.75, 3.05) is 6.61 Å². The van der Waals surface area contributed by atoms with E-state index in [0.717, 1.165) is 0 Å². The lowest BCUT2D eigenvalue weighted by Crippen LogP contribution is -2.17. The number of alkyl halides is 3. The molecule has 0 unspecified atom stereocenters. The van der Waals surface area contributed by atoms with Crippen LogP contribution >= 0.6 is 23.4 Å². The van der Waals surface area contributed by atoms with Crippen LogP contribution in [0, 0.1) is 0 Å². The summed E-state index contributed by atoms with van der Waals surface area (Å²) in [5.74, 6) is -0.929. The van der Waals surface area contributed by atoms with E-state index in [-0.39, 0.29) is 17.2 Å². The highest BCUT2D eigenvalue weighted by Gasteiger charge is 2.38. The monoisotopic (exact) mass is 298 g/mol. The van der Waals surface area contributed by atoms with E-state index in [1.54, 1.807) is 0 Å². The number of hydrogen-bond donors (Lipinski definition) is 0.